The molecule has 1 aromatic heterocycles. The highest BCUT2D eigenvalue weighted by molar-refractivity contribution is 9.10. The molecule has 0 fully saturated rings. The van der Waals surface area contributed by atoms with Gasteiger partial charge in [-0.15, -0.1) is 0 Å². The monoisotopic (exact) mass is 345 g/mol. The summed E-state index contributed by atoms with van der Waals surface area (Å²) in [5, 5.41) is 3.38. The van der Waals surface area contributed by atoms with E-state index < -0.39 is 0 Å². The van der Waals surface area contributed by atoms with Crippen LogP contribution in [0.5, 0.6) is 0 Å². The van der Waals surface area contributed by atoms with E-state index >= 15 is 0 Å². The number of thioether (sulfide) groups is 1. The maximum atomic E-state index is 4.61. The molecular formula is C14H24BrN3S. The molecule has 1 atom stereocenters. The maximum absolute atomic E-state index is 4.61. The molecule has 0 bridgehead atoms. The van der Waals surface area contributed by atoms with Crippen molar-refractivity contribution >= 4 is 33.5 Å². The van der Waals surface area contributed by atoms with E-state index in [0.717, 1.165) is 35.6 Å². The number of halogens is 1. The predicted molar refractivity (Wildman–Crippen MR) is 90.2 cm³/mol. The van der Waals surface area contributed by atoms with E-state index in [9.17, 15) is 0 Å². The van der Waals surface area contributed by atoms with Gasteiger partial charge in [0.05, 0.1) is 0 Å². The van der Waals surface area contributed by atoms with Crippen molar-refractivity contribution in [2.45, 2.75) is 32.9 Å². The molecule has 1 heterocycles. The van der Waals surface area contributed by atoms with Crippen LogP contribution in [-0.2, 0) is 6.54 Å². The Kier molecular flexibility index (Phi) is 7.80. The second-order valence-corrected chi connectivity index (χ2v) is 6.37. The van der Waals surface area contributed by atoms with Gasteiger partial charge in [-0.05, 0) is 41.2 Å². The first-order chi connectivity index (χ1) is 9.13. The van der Waals surface area contributed by atoms with Crippen LogP contribution in [0.15, 0.2) is 16.7 Å². The van der Waals surface area contributed by atoms with Crippen molar-refractivity contribution in [1.29, 1.82) is 0 Å². The van der Waals surface area contributed by atoms with Crippen LogP contribution >= 0.6 is 27.7 Å². The second kappa shape index (κ2) is 8.82. The molecule has 3 nitrogen and oxygen atoms in total. The summed E-state index contributed by atoms with van der Waals surface area (Å²) >= 11 is 5.40. The van der Waals surface area contributed by atoms with Crippen molar-refractivity contribution < 1.29 is 0 Å². The van der Waals surface area contributed by atoms with Gasteiger partial charge in [0.2, 0.25) is 0 Å². The normalized spacial score (nSPS) is 12.5. The Morgan fingerprint density at radius 1 is 1.47 bits per heavy atom. The van der Waals surface area contributed by atoms with E-state index in [4.69, 9.17) is 0 Å². The first-order valence-corrected chi connectivity index (χ1v) is 8.89. The summed E-state index contributed by atoms with van der Waals surface area (Å²) in [5.74, 6) is 2.22. The number of hydrogen-bond acceptors (Lipinski definition) is 4. The standard InChI is InChI=1S/C14H24BrN3S/c1-5-13(10-19-4)18(3)14-11(8-16-6-2)7-12(15)9-17-14/h7,9,13,16H,5-6,8,10H2,1-4H3. The highest BCUT2D eigenvalue weighted by atomic mass is 79.9. The summed E-state index contributed by atoms with van der Waals surface area (Å²) in [5.41, 5.74) is 1.25. The number of nitrogens with one attached hydrogen (secondary N) is 1. The molecule has 108 valence electrons. The minimum Gasteiger partial charge on any atom is -0.356 e. The van der Waals surface area contributed by atoms with Crippen LogP contribution < -0.4 is 10.2 Å². The van der Waals surface area contributed by atoms with Crippen LogP contribution in [0, 0.1) is 0 Å². The van der Waals surface area contributed by atoms with Crippen molar-refractivity contribution in [2.75, 3.05) is 30.5 Å². The van der Waals surface area contributed by atoms with Gasteiger partial charge in [-0.1, -0.05) is 13.8 Å². The van der Waals surface area contributed by atoms with Crippen LogP contribution in [0.25, 0.3) is 0 Å². The molecule has 5 heteroatoms. The number of nitrogens with zero attached hydrogens (tertiary/aromatic N) is 2. The lowest BCUT2D eigenvalue weighted by molar-refractivity contribution is 0.654. The Bertz CT molecular complexity index is 387. The lowest BCUT2D eigenvalue weighted by atomic mass is 10.2. The van der Waals surface area contributed by atoms with E-state index in [2.05, 4.69) is 64.3 Å². The lowest BCUT2D eigenvalue weighted by Crippen LogP contribution is -2.35. The summed E-state index contributed by atoms with van der Waals surface area (Å²) in [7, 11) is 2.15. The number of hydrogen-bond donors (Lipinski definition) is 1. The van der Waals surface area contributed by atoms with Crippen LogP contribution in [0.4, 0.5) is 5.82 Å². The molecule has 0 saturated carbocycles. The largest absolute Gasteiger partial charge is 0.356 e. The summed E-state index contributed by atoms with van der Waals surface area (Å²) in [6.07, 6.45) is 5.17. The molecule has 0 saturated heterocycles. The van der Waals surface area contributed by atoms with Crippen LogP contribution in [0.2, 0.25) is 0 Å². The minimum absolute atomic E-state index is 0.532. The van der Waals surface area contributed by atoms with Crippen molar-refractivity contribution in [3.05, 3.63) is 22.3 Å². The molecule has 0 aliphatic rings. The van der Waals surface area contributed by atoms with Gasteiger partial charge >= 0.3 is 0 Å². The molecule has 1 N–H and O–H groups in total. The zero-order chi connectivity index (χ0) is 14.3. The van der Waals surface area contributed by atoms with Gasteiger partial charge in [0.15, 0.2) is 0 Å². The summed E-state index contributed by atoms with van der Waals surface area (Å²) in [4.78, 5) is 6.93. The van der Waals surface area contributed by atoms with Crippen molar-refractivity contribution in [3.8, 4) is 0 Å². The van der Waals surface area contributed by atoms with Gasteiger partial charge in [-0.2, -0.15) is 11.8 Å². The van der Waals surface area contributed by atoms with Crippen molar-refractivity contribution in [2.24, 2.45) is 0 Å². The molecule has 0 aliphatic heterocycles. The maximum Gasteiger partial charge on any atom is 0.133 e. The van der Waals surface area contributed by atoms with Gasteiger partial charge in [-0.25, -0.2) is 4.98 Å². The van der Waals surface area contributed by atoms with Crippen molar-refractivity contribution in [1.82, 2.24) is 10.3 Å². The number of aromatic nitrogens is 1. The molecule has 0 amide bonds. The van der Waals surface area contributed by atoms with Crippen LogP contribution in [0.1, 0.15) is 25.8 Å². The summed E-state index contributed by atoms with van der Waals surface area (Å²) < 4.78 is 1.04. The Hall–Kier alpha value is -0.260. The smallest absolute Gasteiger partial charge is 0.133 e. The fourth-order valence-electron chi connectivity index (χ4n) is 2.05. The average Bonchev–Trinajstić information content (AvgIpc) is 2.42. The van der Waals surface area contributed by atoms with Gasteiger partial charge in [-0.3, -0.25) is 0 Å². The molecule has 1 rings (SSSR count). The van der Waals surface area contributed by atoms with E-state index in [0.29, 0.717) is 6.04 Å². The second-order valence-electron chi connectivity index (χ2n) is 4.54. The third-order valence-corrected chi connectivity index (χ3v) is 4.34. The fraction of sp³-hybridized carbons (Fsp3) is 0.643. The van der Waals surface area contributed by atoms with Gasteiger partial charge in [0.25, 0.3) is 0 Å². The van der Waals surface area contributed by atoms with E-state index in [-0.39, 0.29) is 0 Å². The lowest BCUT2D eigenvalue weighted by Gasteiger charge is -2.29. The van der Waals surface area contributed by atoms with Gasteiger partial charge < -0.3 is 10.2 Å². The Morgan fingerprint density at radius 2 is 2.21 bits per heavy atom. The number of rotatable bonds is 8. The number of anilines is 1. The molecule has 0 radical (unpaired) electrons. The minimum atomic E-state index is 0.532. The third kappa shape index (κ3) is 4.97. The van der Waals surface area contributed by atoms with E-state index in [1.165, 1.54) is 5.56 Å². The zero-order valence-electron chi connectivity index (χ0n) is 12.2. The number of pyridine rings is 1. The molecule has 19 heavy (non-hydrogen) atoms. The quantitative estimate of drug-likeness (QED) is 0.779. The van der Waals surface area contributed by atoms with Crippen LogP contribution in [0.3, 0.4) is 0 Å². The predicted octanol–water partition coefficient (Wildman–Crippen LogP) is 3.53. The summed E-state index contributed by atoms with van der Waals surface area (Å²) in [6, 6.07) is 2.69. The molecule has 0 aromatic carbocycles. The Labute approximate surface area is 129 Å². The van der Waals surface area contributed by atoms with Crippen molar-refractivity contribution in [3.63, 3.8) is 0 Å². The van der Waals surface area contributed by atoms with E-state index in [1.807, 2.05) is 18.0 Å². The fourth-order valence-corrected chi connectivity index (χ4v) is 3.27. The summed E-state index contributed by atoms with van der Waals surface area (Å²) in [6.45, 7) is 6.19. The Balaban J connectivity index is 2.96. The highest BCUT2D eigenvalue weighted by Crippen LogP contribution is 2.24. The van der Waals surface area contributed by atoms with E-state index in [1.54, 1.807) is 0 Å². The molecule has 1 unspecified atom stereocenters. The molecule has 1 aromatic rings. The van der Waals surface area contributed by atoms with Gasteiger partial charge in [0, 0.05) is 41.6 Å². The zero-order valence-corrected chi connectivity index (χ0v) is 14.6. The average molecular weight is 346 g/mol. The molecule has 0 spiro atoms. The van der Waals surface area contributed by atoms with Crippen LogP contribution in [-0.4, -0.2) is 36.6 Å². The van der Waals surface area contributed by atoms with Gasteiger partial charge in [0.1, 0.15) is 5.82 Å². The first kappa shape index (κ1) is 16.8. The topological polar surface area (TPSA) is 28.2 Å². The highest BCUT2D eigenvalue weighted by Gasteiger charge is 2.17. The SMILES string of the molecule is CCNCc1cc(Br)cnc1N(C)C(CC)CSC. The first-order valence-electron chi connectivity index (χ1n) is 6.70. The molecule has 0 aliphatic carbocycles. The third-order valence-electron chi connectivity index (χ3n) is 3.19. The molecular weight excluding hydrogens is 322 g/mol. The Morgan fingerprint density at radius 3 is 2.79 bits per heavy atom.